The second-order valence-corrected chi connectivity index (χ2v) is 5.19. The molecule has 2 rings (SSSR count). The van der Waals surface area contributed by atoms with E-state index in [2.05, 4.69) is 27.7 Å². The zero-order chi connectivity index (χ0) is 17.7. The molecule has 0 aliphatic carbocycles. The monoisotopic (exact) mass is 347 g/mol. The van der Waals surface area contributed by atoms with Gasteiger partial charge in [0.1, 0.15) is 5.75 Å². The number of nitrogens with two attached hydrogens (primary N) is 1. The van der Waals surface area contributed by atoms with Crippen molar-refractivity contribution in [3.8, 4) is 11.4 Å². The fourth-order valence-corrected chi connectivity index (χ4v) is 2.07. The molecular weight excluding hydrogens is 330 g/mol. The molecule has 0 saturated carbocycles. The summed E-state index contributed by atoms with van der Waals surface area (Å²) in [5, 5.41) is 3.88. The molecule has 0 aliphatic rings. The smallest absolute Gasteiger partial charge is 0.333 e. The molecule has 0 atom stereocenters. The minimum absolute atomic E-state index is 0.0226. The summed E-state index contributed by atoms with van der Waals surface area (Å²) in [4.78, 5) is 27.2. The van der Waals surface area contributed by atoms with Crippen LogP contribution >= 0.6 is 12.2 Å². The molecule has 2 aromatic rings. The van der Waals surface area contributed by atoms with Gasteiger partial charge < -0.3 is 15.5 Å². The summed E-state index contributed by atoms with van der Waals surface area (Å²) >= 11 is 4.66. The SMILES string of the molecule is CCOc1ccc(-n2c(=O)[nH]cc(C(C)=NNC(N)=S)c2=O)cc1. The van der Waals surface area contributed by atoms with Crippen LogP contribution in [0.5, 0.6) is 5.75 Å². The molecule has 9 heteroatoms. The molecule has 1 aromatic heterocycles. The van der Waals surface area contributed by atoms with Gasteiger partial charge in [0.2, 0.25) is 0 Å². The second kappa shape index (κ2) is 7.55. The maximum Gasteiger partial charge on any atom is 0.333 e. The maximum atomic E-state index is 12.6. The van der Waals surface area contributed by atoms with Gasteiger partial charge in [0.15, 0.2) is 5.11 Å². The van der Waals surface area contributed by atoms with Crippen molar-refractivity contribution in [3.05, 3.63) is 56.9 Å². The van der Waals surface area contributed by atoms with Crippen LogP contribution in [0.2, 0.25) is 0 Å². The van der Waals surface area contributed by atoms with Crippen LogP contribution in [0.25, 0.3) is 5.69 Å². The third kappa shape index (κ3) is 3.87. The molecule has 24 heavy (non-hydrogen) atoms. The quantitative estimate of drug-likeness (QED) is 0.412. The minimum atomic E-state index is -0.553. The highest BCUT2D eigenvalue weighted by Crippen LogP contribution is 2.13. The van der Waals surface area contributed by atoms with E-state index in [1.54, 1.807) is 31.2 Å². The molecule has 4 N–H and O–H groups in total. The number of hydrazone groups is 1. The summed E-state index contributed by atoms with van der Waals surface area (Å²) < 4.78 is 6.37. The van der Waals surface area contributed by atoms with Gasteiger partial charge in [0.05, 0.1) is 23.6 Å². The van der Waals surface area contributed by atoms with E-state index >= 15 is 0 Å². The highest BCUT2D eigenvalue weighted by Gasteiger charge is 2.12. The van der Waals surface area contributed by atoms with Gasteiger partial charge in [-0.1, -0.05) is 0 Å². The molecular formula is C15H17N5O3S. The number of aromatic nitrogens is 2. The van der Waals surface area contributed by atoms with Crippen LogP contribution in [0.3, 0.4) is 0 Å². The molecule has 126 valence electrons. The largest absolute Gasteiger partial charge is 0.494 e. The lowest BCUT2D eigenvalue weighted by atomic mass is 10.2. The Morgan fingerprint density at radius 1 is 1.38 bits per heavy atom. The lowest BCUT2D eigenvalue weighted by Crippen LogP contribution is -2.37. The summed E-state index contributed by atoms with van der Waals surface area (Å²) in [6, 6.07) is 6.63. The molecule has 8 nitrogen and oxygen atoms in total. The van der Waals surface area contributed by atoms with Crippen molar-refractivity contribution in [1.82, 2.24) is 15.0 Å². The third-order valence-electron chi connectivity index (χ3n) is 3.11. The first kappa shape index (κ1) is 17.4. The van der Waals surface area contributed by atoms with E-state index in [0.29, 0.717) is 23.8 Å². The molecule has 0 aliphatic heterocycles. The molecule has 0 spiro atoms. The average Bonchev–Trinajstić information content (AvgIpc) is 2.54. The molecule has 0 fully saturated rings. The minimum Gasteiger partial charge on any atom is -0.494 e. The van der Waals surface area contributed by atoms with Crippen molar-refractivity contribution >= 4 is 23.0 Å². The summed E-state index contributed by atoms with van der Waals surface area (Å²) in [6.45, 7) is 4.00. The summed E-state index contributed by atoms with van der Waals surface area (Å²) in [7, 11) is 0. The Bertz CT molecular complexity index is 883. The molecule has 1 heterocycles. The predicted octanol–water partition coefficient (Wildman–Crippen LogP) is 0.482. The van der Waals surface area contributed by atoms with Gasteiger partial charge in [-0.15, -0.1) is 0 Å². The lowest BCUT2D eigenvalue weighted by Gasteiger charge is -2.08. The zero-order valence-corrected chi connectivity index (χ0v) is 14.0. The van der Waals surface area contributed by atoms with E-state index in [-0.39, 0.29) is 10.7 Å². The number of hydrogen-bond donors (Lipinski definition) is 3. The fraction of sp³-hybridized carbons (Fsp3) is 0.200. The van der Waals surface area contributed by atoms with Crippen LogP contribution in [-0.2, 0) is 0 Å². The zero-order valence-electron chi connectivity index (χ0n) is 13.2. The second-order valence-electron chi connectivity index (χ2n) is 4.75. The Morgan fingerprint density at radius 2 is 2.04 bits per heavy atom. The summed E-state index contributed by atoms with van der Waals surface area (Å²) in [5.74, 6) is 0.653. The molecule has 0 saturated heterocycles. The van der Waals surface area contributed by atoms with Crippen molar-refractivity contribution < 1.29 is 4.74 Å². The van der Waals surface area contributed by atoms with Gasteiger partial charge in [-0.25, -0.2) is 9.36 Å². The van der Waals surface area contributed by atoms with E-state index in [0.717, 1.165) is 4.57 Å². The normalized spacial score (nSPS) is 11.2. The fourth-order valence-electron chi connectivity index (χ4n) is 2.02. The Hall–Kier alpha value is -2.94. The van der Waals surface area contributed by atoms with E-state index in [1.807, 2.05) is 6.92 Å². The number of H-pyrrole nitrogens is 1. The number of benzene rings is 1. The number of aromatic amines is 1. The first-order valence-electron chi connectivity index (χ1n) is 7.12. The van der Waals surface area contributed by atoms with E-state index in [4.69, 9.17) is 10.5 Å². The highest BCUT2D eigenvalue weighted by molar-refractivity contribution is 7.80. The number of nitrogens with one attached hydrogen (secondary N) is 2. The van der Waals surface area contributed by atoms with Crippen molar-refractivity contribution in [2.75, 3.05) is 6.61 Å². The van der Waals surface area contributed by atoms with Gasteiger partial charge in [-0.05, 0) is 50.3 Å². The predicted molar refractivity (Wildman–Crippen MR) is 96.0 cm³/mol. The van der Waals surface area contributed by atoms with Crippen LogP contribution in [-0.4, -0.2) is 27.0 Å². The third-order valence-corrected chi connectivity index (χ3v) is 3.20. The molecule has 0 amide bonds. The Kier molecular flexibility index (Phi) is 5.48. The van der Waals surface area contributed by atoms with Gasteiger partial charge in [-0.3, -0.25) is 10.2 Å². The standard InChI is InChI=1S/C15H17N5O3S/c1-3-23-11-6-4-10(5-7-11)20-13(21)12(8-17-15(20)22)9(2)18-19-14(16)24/h4-8H,3H2,1-2H3,(H,17,22)(H3,16,19,24). The van der Waals surface area contributed by atoms with Crippen LogP contribution in [0.15, 0.2) is 45.2 Å². The number of nitrogens with zero attached hydrogens (tertiary/aromatic N) is 2. The van der Waals surface area contributed by atoms with Gasteiger partial charge in [0, 0.05) is 6.20 Å². The first-order chi connectivity index (χ1) is 11.4. The average molecular weight is 347 g/mol. The Morgan fingerprint density at radius 3 is 2.62 bits per heavy atom. The van der Waals surface area contributed by atoms with E-state index in [9.17, 15) is 9.59 Å². The van der Waals surface area contributed by atoms with Crippen molar-refractivity contribution in [3.63, 3.8) is 0 Å². The lowest BCUT2D eigenvalue weighted by molar-refractivity contribution is 0.340. The number of rotatable bonds is 5. The number of hydrogen-bond acceptors (Lipinski definition) is 5. The van der Waals surface area contributed by atoms with Crippen molar-refractivity contribution in [2.24, 2.45) is 10.8 Å². The van der Waals surface area contributed by atoms with Crippen molar-refractivity contribution in [2.45, 2.75) is 13.8 Å². The van der Waals surface area contributed by atoms with Crippen molar-refractivity contribution in [1.29, 1.82) is 0 Å². The van der Waals surface area contributed by atoms with E-state index < -0.39 is 11.2 Å². The molecule has 0 bridgehead atoms. The summed E-state index contributed by atoms with van der Waals surface area (Å²) in [5.41, 5.74) is 7.62. The first-order valence-corrected chi connectivity index (χ1v) is 7.53. The Labute approximate surface area is 143 Å². The molecule has 1 aromatic carbocycles. The molecule has 0 unspecified atom stereocenters. The van der Waals surface area contributed by atoms with Crippen LogP contribution in [0.1, 0.15) is 19.4 Å². The van der Waals surface area contributed by atoms with Crippen LogP contribution in [0.4, 0.5) is 0 Å². The topological polar surface area (TPSA) is 114 Å². The van der Waals surface area contributed by atoms with Gasteiger partial charge in [0.25, 0.3) is 5.56 Å². The van der Waals surface area contributed by atoms with Gasteiger partial charge >= 0.3 is 5.69 Å². The molecule has 0 radical (unpaired) electrons. The van der Waals surface area contributed by atoms with Crippen LogP contribution in [0, 0.1) is 0 Å². The van der Waals surface area contributed by atoms with Crippen LogP contribution < -0.4 is 27.1 Å². The summed E-state index contributed by atoms with van der Waals surface area (Å²) in [6.07, 6.45) is 1.30. The Balaban J connectivity index is 2.49. The number of thiocarbonyl (C=S) groups is 1. The number of ether oxygens (including phenoxy) is 1. The maximum absolute atomic E-state index is 12.6. The van der Waals surface area contributed by atoms with E-state index in [1.165, 1.54) is 6.20 Å². The highest BCUT2D eigenvalue weighted by atomic mass is 32.1. The van der Waals surface area contributed by atoms with Gasteiger partial charge in [-0.2, -0.15) is 5.10 Å².